The van der Waals surface area contributed by atoms with Crippen LogP contribution in [0.4, 0.5) is 0 Å². The molecule has 1 amide bonds. The van der Waals surface area contributed by atoms with E-state index in [1.807, 2.05) is 0 Å². The Balaban J connectivity index is 2.08. The Morgan fingerprint density at radius 3 is 2.56 bits per heavy atom. The van der Waals surface area contributed by atoms with Gasteiger partial charge in [-0.3, -0.25) is 4.79 Å². The molecule has 0 saturated carbocycles. The lowest BCUT2D eigenvalue weighted by Gasteiger charge is -2.20. The minimum absolute atomic E-state index is 0.219. The van der Waals surface area contributed by atoms with Gasteiger partial charge in [-0.05, 0) is 51.9 Å². The van der Waals surface area contributed by atoms with Crippen molar-refractivity contribution in [3.8, 4) is 0 Å². The second kappa shape index (κ2) is 9.34. The minimum Gasteiger partial charge on any atom is -0.352 e. The number of hydrogen-bond donors (Lipinski definition) is 2. The van der Waals surface area contributed by atoms with Gasteiger partial charge in [-0.25, -0.2) is 0 Å². The van der Waals surface area contributed by atoms with Gasteiger partial charge in [-0.2, -0.15) is 0 Å². The third kappa shape index (κ3) is 6.36. The predicted octanol–water partition coefficient (Wildman–Crippen LogP) is 1.37. The molecule has 1 rings (SSSR count). The molecule has 1 unspecified atom stereocenters. The monoisotopic (exact) mass is 255 g/mol. The molecule has 0 spiro atoms. The highest BCUT2D eigenvalue weighted by atomic mass is 16.1. The Hall–Kier alpha value is -0.610. The second-order valence-electron chi connectivity index (χ2n) is 5.20. The Morgan fingerprint density at radius 1 is 1.28 bits per heavy atom. The van der Waals surface area contributed by atoms with E-state index in [2.05, 4.69) is 29.4 Å². The van der Waals surface area contributed by atoms with E-state index in [1.165, 1.54) is 12.8 Å². The van der Waals surface area contributed by atoms with Gasteiger partial charge in [-0.15, -0.1) is 0 Å². The van der Waals surface area contributed by atoms with E-state index in [0.717, 1.165) is 45.6 Å². The highest BCUT2D eigenvalue weighted by Gasteiger charge is 2.16. The van der Waals surface area contributed by atoms with E-state index in [1.54, 1.807) is 0 Å². The maximum atomic E-state index is 11.7. The molecule has 0 aromatic carbocycles. The summed E-state index contributed by atoms with van der Waals surface area (Å²) in [4.78, 5) is 14.2. The van der Waals surface area contributed by atoms with Crippen LogP contribution in [0.25, 0.3) is 0 Å². The summed E-state index contributed by atoms with van der Waals surface area (Å²) in [5.41, 5.74) is 0. The van der Waals surface area contributed by atoms with Crippen molar-refractivity contribution in [1.82, 2.24) is 15.5 Å². The van der Waals surface area contributed by atoms with Gasteiger partial charge in [0.2, 0.25) is 5.91 Å². The number of nitrogens with one attached hydrogen (secondary N) is 2. The highest BCUT2D eigenvalue weighted by Crippen LogP contribution is 2.01. The van der Waals surface area contributed by atoms with Crippen LogP contribution in [0.15, 0.2) is 0 Å². The first-order valence-electron chi connectivity index (χ1n) is 7.48. The molecule has 4 nitrogen and oxygen atoms in total. The topological polar surface area (TPSA) is 44.4 Å². The summed E-state index contributed by atoms with van der Waals surface area (Å²) in [6.45, 7) is 9.75. The molecular weight excluding hydrogens is 226 g/mol. The lowest BCUT2D eigenvalue weighted by atomic mass is 10.2. The van der Waals surface area contributed by atoms with Gasteiger partial charge >= 0.3 is 0 Å². The third-order valence-electron chi connectivity index (χ3n) is 3.38. The largest absolute Gasteiger partial charge is 0.352 e. The lowest BCUT2D eigenvalue weighted by molar-refractivity contribution is -0.121. The van der Waals surface area contributed by atoms with Crippen LogP contribution >= 0.6 is 0 Å². The first kappa shape index (κ1) is 15.4. The van der Waals surface area contributed by atoms with E-state index in [0.29, 0.717) is 12.5 Å². The molecule has 0 aromatic heterocycles. The standard InChI is InChI=1S/C14H29N3O/c1-3-9-17(10-4-2)11-5-6-14(18)16-13-7-8-15-12-13/h13,15H,3-12H2,1-2H3,(H,16,18). The molecule has 1 atom stereocenters. The van der Waals surface area contributed by atoms with Gasteiger partial charge in [-0.1, -0.05) is 13.8 Å². The molecule has 2 N–H and O–H groups in total. The van der Waals surface area contributed by atoms with Crippen LogP contribution in [-0.4, -0.2) is 49.6 Å². The van der Waals surface area contributed by atoms with E-state index in [9.17, 15) is 4.79 Å². The van der Waals surface area contributed by atoms with Gasteiger partial charge in [0, 0.05) is 19.0 Å². The Kier molecular flexibility index (Phi) is 8.01. The molecule has 1 fully saturated rings. The number of carbonyl (C=O) groups is 1. The average molecular weight is 255 g/mol. The van der Waals surface area contributed by atoms with E-state index in [-0.39, 0.29) is 5.91 Å². The number of carbonyl (C=O) groups excluding carboxylic acids is 1. The van der Waals surface area contributed by atoms with Crippen molar-refractivity contribution in [2.24, 2.45) is 0 Å². The minimum atomic E-state index is 0.219. The molecule has 0 aromatic rings. The zero-order valence-electron chi connectivity index (χ0n) is 12.0. The zero-order chi connectivity index (χ0) is 13.2. The fourth-order valence-electron chi connectivity index (χ4n) is 2.51. The van der Waals surface area contributed by atoms with Crippen molar-refractivity contribution in [1.29, 1.82) is 0 Å². The van der Waals surface area contributed by atoms with Crippen molar-refractivity contribution in [3.05, 3.63) is 0 Å². The number of nitrogens with zero attached hydrogens (tertiary/aromatic N) is 1. The molecule has 1 aliphatic rings. The first-order chi connectivity index (χ1) is 8.76. The summed E-state index contributed by atoms with van der Waals surface area (Å²) in [5.74, 6) is 0.219. The van der Waals surface area contributed by atoms with Crippen molar-refractivity contribution in [2.75, 3.05) is 32.7 Å². The van der Waals surface area contributed by atoms with Crippen LogP contribution < -0.4 is 10.6 Å². The Morgan fingerprint density at radius 2 is 2.00 bits per heavy atom. The van der Waals surface area contributed by atoms with Crippen molar-refractivity contribution >= 4 is 5.91 Å². The van der Waals surface area contributed by atoms with Gasteiger partial charge in [0.1, 0.15) is 0 Å². The number of rotatable bonds is 9. The molecule has 18 heavy (non-hydrogen) atoms. The molecule has 1 aliphatic heterocycles. The highest BCUT2D eigenvalue weighted by molar-refractivity contribution is 5.76. The maximum Gasteiger partial charge on any atom is 0.220 e. The van der Waals surface area contributed by atoms with Crippen molar-refractivity contribution in [2.45, 2.75) is 52.0 Å². The molecular formula is C14H29N3O. The third-order valence-corrected chi connectivity index (χ3v) is 3.38. The van der Waals surface area contributed by atoms with Crippen LogP contribution in [0.1, 0.15) is 46.0 Å². The molecule has 0 bridgehead atoms. The quantitative estimate of drug-likeness (QED) is 0.654. The van der Waals surface area contributed by atoms with E-state index in [4.69, 9.17) is 0 Å². The fraction of sp³-hybridized carbons (Fsp3) is 0.929. The summed E-state index contributed by atoms with van der Waals surface area (Å²) in [5, 5.41) is 6.36. The van der Waals surface area contributed by atoms with Crippen LogP contribution in [-0.2, 0) is 4.79 Å². The maximum absolute atomic E-state index is 11.7. The van der Waals surface area contributed by atoms with Gasteiger partial charge in [0.15, 0.2) is 0 Å². The lowest BCUT2D eigenvalue weighted by Crippen LogP contribution is -2.36. The second-order valence-corrected chi connectivity index (χ2v) is 5.20. The summed E-state index contributed by atoms with van der Waals surface area (Å²) in [7, 11) is 0. The number of hydrogen-bond acceptors (Lipinski definition) is 3. The van der Waals surface area contributed by atoms with Gasteiger partial charge < -0.3 is 15.5 Å². The van der Waals surface area contributed by atoms with Crippen LogP contribution in [0.2, 0.25) is 0 Å². The van der Waals surface area contributed by atoms with Crippen LogP contribution in [0.5, 0.6) is 0 Å². The molecule has 1 saturated heterocycles. The molecule has 1 heterocycles. The van der Waals surface area contributed by atoms with Crippen LogP contribution in [0, 0.1) is 0 Å². The van der Waals surface area contributed by atoms with E-state index < -0.39 is 0 Å². The fourth-order valence-corrected chi connectivity index (χ4v) is 2.51. The smallest absolute Gasteiger partial charge is 0.220 e. The summed E-state index contributed by atoms with van der Waals surface area (Å²) >= 11 is 0. The normalized spacial score (nSPS) is 19.4. The van der Waals surface area contributed by atoms with Crippen molar-refractivity contribution in [3.63, 3.8) is 0 Å². The summed E-state index contributed by atoms with van der Waals surface area (Å²) < 4.78 is 0. The van der Waals surface area contributed by atoms with Gasteiger partial charge in [0.05, 0.1) is 0 Å². The molecule has 4 heteroatoms. The molecule has 106 valence electrons. The molecule has 0 radical (unpaired) electrons. The summed E-state index contributed by atoms with van der Waals surface area (Å²) in [6.07, 6.45) is 5.11. The SMILES string of the molecule is CCCN(CCC)CCCC(=O)NC1CCNC1. The first-order valence-corrected chi connectivity index (χ1v) is 7.48. The van der Waals surface area contributed by atoms with Crippen molar-refractivity contribution < 1.29 is 4.79 Å². The Bertz CT molecular complexity index is 221. The summed E-state index contributed by atoms with van der Waals surface area (Å²) in [6, 6.07) is 0.361. The zero-order valence-corrected chi connectivity index (χ0v) is 12.0. The predicted molar refractivity (Wildman–Crippen MR) is 75.7 cm³/mol. The van der Waals surface area contributed by atoms with E-state index >= 15 is 0 Å². The van der Waals surface area contributed by atoms with Crippen LogP contribution in [0.3, 0.4) is 0 Å². The van der Waals surface area contributed by atoms with Gasteiger partial charge in [0.25, 0.3) is 0 Å². The number of amides is 1. The Labute approximate surface area is 111 Å². The average Bonchev–Trinajstić information content (AvgIpc) is 2.82. The molecule has 0 aliphatic carbocycles.